The third kappa shape index (κ3) is 3.05. The van der Waals surface area contributed by atoms with Gasteiger partial charge in [0, 0.05) is 41.3 Å². The number of hydrogen-bond acceptors (Lipinski definition) is 4. The number of nitrogens with zero attached hydrogens (tertiary/aromatic N) is 1. The minimum absolute atomic E-state index is 0.266. The molecule has 3 N–H and O–H groups in total. The van der Waals surface area contributed by atoms with Crippen molar-refractivity contribution in [3.63, 3.8) is 0 Å². The van der Waals surface area contributed by atoms with Gasteiger partial charge in [-0.25, -0.2) is 0 Å². The Labute approximate surface area is 159 Å². The molecule has 6 heteroatoms. The van der Waals surface area contributed by atoms with E-state index in [-0.39, 0.29) is 12.1 Å². The van der Waals surface area contributed by atoms with Crippen molar-refractivity contribution in [2.24, 2.45) is 0 Å². The first-order chi connectivity index (χ1) is 11.6. The summed E-state index contributed by atoms with van der Waals surface area (Å²) in [5.41, 5.74) is 4.00. The van der Waals surface area contributed by atoms with Crippen molar-refractivity contribution >= 4 is 31.9 Å². The van der Waals surface area contributed by atoms with Crippen molar-refractivity contribution in [3.05, 3.63) is 50.1 Å². The molecular formula is C18H21Br2N3O. The summed E-state index contributed by atoms with van der Waals surface area (Å²) in [6.45, 7) is 4.11. The Balaban J connectivity index is 1.83. The van der Waals surface area contributed by atoms with Crippen LogP contribution in [0.5, 0.6) is 5.75 Å². The Morgan fingerprint density at radius 2 is 1.92 bits per heavy atom. The molecule has 2 atom stereocenters. The Hall–Kier alpha value is -0.820. The maximum Gasteiger partial charge on any atom is 0.116 e. The number of rotatable bonds is 1. The van der Waals surface area contributed by atoms with Crippen LogP contribution in [0.25, 0.3) is 0 Å². The Morgan fingerprint density at radius 3 is 2.71 bits per heavy atom. The highest BCUT2D eigenvalue weighted by molar-refractivity contribution is 9.12. The minimum atomic E-state index is 0.266. The van der Waals surface area contributed by atoms with Gasteiger partial charge in [-0.15, -0.1) is 0 Å². The fraction of sp³-hybridized carbons (Fsp3) is 0.444. The molecule has 0 aromatic heterocycles. The predicted molar refractivity (Wildman–Crippen MR) is 103 cm³/mol. The number of halogens is 2. The molecule has 1 fully saturated rings. The van der Waals surface area contributed by atoms with Crippen LogP contribution in [0.1, 0.15) is 23.6 Å². The van der Waals surface area contributed by atoms with E-state index in [9.17, 15) is 5.11 Å². The Bertz CT molecular complexity index is 710. The zero-order chi connectivity index (χ0) is 16.7. The van der Waals surface area contributed by atoms with Crippen molar-refractivity contribution in [1.82, 2.24) is 15.5 Å². The van der Waals surface area contributed by atoms with Crippen molar-refractivity contribution in [2.45, 2.75) is 24.9 Å². The van der Waals surface area contributed by atoms with E-state index in [2.05, 4.69) is 59.7 Å². The third-order valence-electron chi connectivity index (χ3n) is 5.16. The number of phenolic OH excluding ortho intramolecular Hbond substituents is 1. The number of fused-ring (bicyclic) bond motifs is 2. The molecule has 1 aliphatic carbocycles. The van der Waals surface area contributed by atoms with E-state index in [4.69, 9.17) is 0 Å². The van der Waals surface area contributed by atoms with Crippen LogP contribution in [0.2, 0.25) is 0 Å². The van der Waals surface area contributed by atoms with Gasteiger partial charge in [0.25, 0.3) is 0 Å². The lowest BCUT2D eigenvalue weighted by atomic mass is 9.90. The molecule has 4 nitrogen and oxygen atoms in total. The summed E-state index contributed by atoms with van der Waals surface area (Å²) >= 11 is 7.33. The molecule has 0 amide bonds. The van der Waals surface area contributed by atoms with Crippen LogP contribution in [-0.2, 0) is 6.42 Å². The summed E-state index contributed by atoms with van der Waals surface area (Å²) < 4.78 is 2.11. The van der Waals surface area contributed by atoms with Crippen molar-refractivity contribution < 1.29 is 5.11 Å². The van der Waals surface area contributed by atoms with Crippen LogP contribution in [0, 0.1) is 0 Å². The fourth-order valence-electron chi connectivity index (χ4n) is 4.10. The zero-order valence-electron chi connectivity index (χ0n) is 13.4. The normalized spacial score (nSPS) is 27.2. The molecule has 2 aliphatic heterocycles. The number of nitrogens with one attached hydrogen (secondary N) is 2. The van der Waals surface area contributed by atoms with Gasteiger partial charge in [-0.3, -0.25) is 4.90 Å². The van der Waals surface area contributed by atoms with Crippen molar-refractivity contribution in [3.8, 4) is 5.75 Å². The molecule has 4 rings (SSSR count). The van der Waals surface area contributed by atoms with E-state index in [1.807, 2.05) is 12.1 Å². The number of piperazine rings is 1. The molecule has 2 heterocycles. The topological polar surface area (TPSA) is 47.5 Å². The van der Waals surface area contributed by atoms with Crippen molar-refractivity contribution in [2.75, 3.05) is 26.2 Å². The maximum absolute atomic E-state index is 10.1. The molecule has 0 radical (unpaired) electrons. The lowest BCUT2D eigenvalue weighted by Crippen LogP contribution is -2.51. The summed E-state index contributed by atoms with van der Waals surface area (Å²) in [6, 6.07) is 4.31. The quantitative estimate of drug-likeness (QED) is 0.609. The molecule has 2 unspecified atom stereocenters. The monoisotopic (exact) mass is 453 g/mol. The second-order valence-corrected chi connectivity index (χ2v) is 8.39. The number of aromatic hydroxyl groups is 1. The standard InChI is InChI=1S/C18H21Br2N3O/c19-13-7-12-2-1-11-8-14(24)9-15(20)16(11)18(17(12)22-10-13)23-5-3-21-4-6-23/h7-10,17-18,21-22,24H,1-6H2. The van der Waals surface area contributed by atoms with Crippen LogP contribution in [0.3, 0.4) is 0 Å². The molecule has 0 saturated carbocycles. The number of benzene rings is 1. The van der Waals surface area contributed by atoms with Crippen LogP contribution < -0.4 is 10.6 Å². The summed E-state index contributed by atoms with van der Waals surface area (Å²) in [5.74, 6) is 0.339. The molecule has 128 valence electrons. The van der Waals surface area contributed by atoms with E-state index in [1.165, 1.54) is 16.7 Å². The summed E-state index contributed by atoms with van der Waals surface area (Å²) in [6.07, 6.45) is 6.28. The Morgan fingerprint density at radius 1 is 1.12 bits per heavy atom. The number of hydrogen-bond donors (Lipinski definition) is 3. The predicted octanol–water partition coefficient (Wildman–Crippen LogP) is 3.18. The largest absolute Gasteiger partial charge is 0.508 e. The van der Waals surface area contributed by atoms with Gasteiger partial charge in [-0.2, -0.15) is 0 Å². The van der Waals surface area contributed by atoms with E-state index < -0.39 is 0 Å². The van der Waals surface area contributed by atoms with Gasteiger partial charge < -0.3 is 15.7 Å². The number of phenols is 1. The highest BCUT2D eigenvalue weighted by atomic mass is 79.9. The van der Waals surface area contributed by atoms with E-state index in [1.54, 1.807) is 0 Å². The zero-order valence-corrected chi connectivity index (χ0v) is 16.5. The van der Waals surface area contributed by atoms with E-state index in [0.29, 0.717) is 5.75 Å². The second-order valence-electron chi connectivity index (χ2n) is 6.62. The highest BCUT2D eigenvalue weighted by Crippen LogP contribution is 2.43. The van der Waals surface area contributed by atoms with E-state index >= 15 is 0 Å². The minimum Gasteiger partial charge on any atom is -0.508 e. The van der Waals surface area contributed by atoms with Gasteiger partial charge in [0.05, 0.1) is 12.1 Å². The summed E-state index contributed by atoms with van der Waals surface area (Å²) in [7, 11) is 0. The Kier molecular flexibility index (Phi) is 4.73. The number of aryl methyl sites for hydroxylation is 1. The first-order valence-corrected chi connectivity index (χ1v) is 10.0. The van der Waals surface area contributed by atoms with E-state index in [0.717, 1.165) is 48.0 Å². The van der Waals surface area contributed by atoms with Crippen LogP contribution in [0.15, 0.2) is 38.9 Å². The van der Waals surface area contributed by atoms with Gasteiger partial charge in [0.2, 0.25) is 0 Å². The van der Waals surface area contributed by atoms with Gasteiger partial charge in [0.1, 0.15) is 5.75 Å². The molecule has 0 spiro atoms. The highest BCUT2D eigenvalue weighted by Gasteiger charge is 2.37. The van der Waals surface area contributed by atoms with Gasteiger partial charge in [0.15, 0.2) is 0 Å². The fourth-order valence-corrected chi connectivity index (χ4v) is 5.25. The van der Waals surface area contributed by atoms with Gasteiger partial charge in [-0.1, -0.05) is 15.9 Å². The molecule has 24 heavy (non-hydrogen) atoms. The second kappa shape index (κ2) is 6.83. The van der Waals surface area contributed by atoms with Gasteiger partial charge >= 0.3 is 0 Å². The molecule has 1 aromatic rings. The molecule has 1 aromatic carbocycles. The van der Waals surface area contributed by atoms with Crippen LogP contribution >= 0.6 is 31.9 Å². The average Bonchev–Trinajstić information content (AvgIpc) is 2.72. The summed E-state index contributed by atoms with van der Waals surface area (Å²) in [5, 5.41) is 17.1. The van der Waals surface area contributed by atoms with Crippen molar-refractivity contribution in [1.29, 1.82) is 0 Å². The smallest absolute Gasteiger partial charge is 0.116 e. The van der Waals surface area contributed by atoms with Crippen LogP contribution in [-0.4, -0.2) is 42.2 Å². The first kappa shape index (κ1) is 16.6. The first-order valence-electron chi connectivity index (χ1n) is 8.42. The molecule has 0 bridgehead atoms. The molecule has 1 saturated heterocycles. The molecule has 3 aliphatic rings. The molecular weight excluding hydrogens is 434 g/mol. The SMILES string of the molecule is Oc1cc(Br)c2c(c1)CCC1=CC(Br)=CNC1C2N1CCNCC1. The maximum atomic E-state index is 10.1. The lowest BCUT2D eigenvalue weighted by Gasteiger charge is -2.41. The van der Waals surface area contributed by atoms with Gasteiger partial charge in [-0.05, 0) is 63.7 Å². The average molecular weight is 455 g/mol. The lowest BCUT2D eigenvalue weighted by molar-refractivity contribution is 0.152. The van der Waals surface area contributed by atoms with Crippen LogP contribution in [0.4, 0.5) is 0 Å². The summed E-state index contributed by atoms with van der Waals surface area (Å²) in [4.78, 5) is 2.57. The third-order valence-corrected chi connectivity index (χ3v) is 6.28. The number of dihydropyridines is 1. The number of allylic oxidation sites excluding steroid dienone is 2.